The molecular weight excluding hydrogens is 332 g/mol. The summed E-state index contributed by atoms with van der Waals surface area (Å²) in [6, 6.07) is 14.8. The number of aryl methyl sites for hydroxylation is 1. The van der Waals surface area contributed by atoms with E-state index in [9.17, 15) is 4.79 Å². The molecule has 0 aliphatic rings. The van der Waals surface area contributed by atoms with Crippen LogP contribution in [-0.4, -0.2) is 25.1 Å². The van der Waals surface area contributed by atoms with Crippen molar-refractivity contribution in [1.29, 1.82) is 0 Å². The standard InChI is InChI=1S/C20H20N2O4/c1-13-17(22-20(26-13)14-7-5-4-6-8-14)12-19(23)21-16-10-9-15(24-2)11-18(16)25-3/h4-11H,12H2,1-3H3,(H,21,23). The van der Waals surface area contributed by atoms with Gasteiger partial charge in [0.2, 0.25) is 11.8 Å². The van der Waals surface area contributed by atoms with Crippen LogP contribution in [0.5, 0.6) is 11.5 Å². The third kappa shape index (κ3) is 3.85. The van der Waals surface area contributed by atoms with Crippen LogP contribution < -0.4 is 14.8 Å². The molecule has 1 amide bonds. The van der Waals surface area contributed by atoms with Gasteiger partial charge < -0.3 is 19.2 Å². The van der Waals surface area contributed by atoms with Crippen LogP contribution in [-0.2, 0) is 11.2 Å². The molecule has 0 unspecified atom stereocenters. The number of carbonyl (C=O) groups is 1. The first-order chi connectivity index (χ1) is 12.6. The van der Waals surface area contributed by atoms with Crippen molar-refractivity contribution in [3.8, 4) is 23.0 Å². The first kappa shape index (κ1) is 17.5. The van der Waals surface area contributed by atoms with Gasteiger partial charge in [0.1, 0.15) is 17.3 Å². The van der Waals surface area contributed by atoms with Crippen LogP contribution in [0.25, 0.3) is 11.5 Å². The van der Waals surface area contributed by atoms with Gasteiger partial charge in [-0.1, -0.05) is 18.2 Å². The highest BCUT2D eigenvalue weighted by molar-refractivity contribution is 5.93. The summed E-state index contributed by atoms with van der Waals surface area (Å²) >= 11 is 0. The van der Waals surface area contributed by atoms with Gasteiger partial charge in [0.15, 0.2) is 0 Å². The zero-order valence-electron chi connectivity index (χ0n) is 14.9. The predicted molar refractivity (Wildman–Crippen MR) is 98.6 cm³/mol. The average molecular weight is 352 g/mol. The highest BCUT2D eigenvalue weighted by atomic mass is 16.5. The Morgan fingerprint density at radius 2 is 1.88 bits per heavy atom. The van der Waals surface area contributed by atoms with Crippen molar-refractivity contribution in [3.63, 3.8) is 0 Å². The van der Waals surface area contributed by atoms with Gasteiger partial charge in [-0.15, -0.1) is 0 Å². The first-order valence-electron chi connectivity index (χ1n) is 8.14. The Morgan fingerprint density at radius 3 is 2.58 bits per heavy atom. The fraction of sp³-hybridized carbons (Fsp3) is 0.200. The van der Waals surface area contributed by atoms with Crippen LogP contribution in [0.4, 0.5) is 5.69 Å². The zero-order valence-corrected chi connectivity index (χ0v) is 14.9. The van der Waals surface area contributed by atoms with E-state index in [1.807, 2.05) is 30.3 Å². The van der Waals surface area contributed by atoms with E-state index < -0.39 is 0 Å². The normalized spacial score (nSPS) is 10.4. The van der Waals surface area contributed by atoms with Crippen LogP contribution in [0, 0.1) is 6.92 Å². The summed E-state index contributed by atoms with van der Waals surface area (Å²) in [5, 5.41) is 2.84. The van der Waals surface area contributed by atoms with Crippen LogP contribution in [0.3, 0.4) is 0 Å². The van der Waals surface area contributed by atoms with Crippen molar-refractivity contribution in [2.75, 3.05) is 19.5 Å². The van der Waals surface area contributed by atoms with E-state index in [0.29, 0.717) is 34.5 Å². The van der Waals surface area contributed by atoms with E-state index >= 15 is 0 Å². The maximum Gasteiger partial charge on any atom is 0.230 e. The molecule has 1 heterocycles. The number of ether oxygens (including phenoxy) is 2. The number of methoxy groups -OCH3 is 2. The highest BCUT2D eigenvalue weighted by Crippen LogP contribution is 2.29. The van der Waals surface area contributed by atoms with Gasteiger partial charge in [-0.2, -0.15) is 0 Å². The molecule has 6 heteroatoms. The number of hydrogen-bond donors (Lipinski definition) is 1. The molecule has 0 saturated carbocycles. The Kier molecular flexibility index (Phi) is 5.22. The highest BCUT2D eigenvalue weighted by Gasteiger charge is 2.16. The molecule has 3 aromatic rings. The Morgan fingerprint density at radius 1 is 1.12 bits per heavy atom. The molecule has 0 bridgehead atoms. The number of anilines is 1. The number of hydrogen-bond acceptors (Lipinski definition) is 5. The lowest BCUT2D eigenvalue weighted by molar-refractivity contribution is -0.115. The summed E-state index contributed by atoms with van der Waals surface area (Å²) < 4.78 is 16.1. The molecule has 26 heavy (non-hydrogen) atoms. The van der Waals surface area contributed by atoms with Crippen LogP contribution in [0.1, 0.15) is 11.5 Å². The fourth-order valence-corrected chi connectivity index (χ4v) is 2.54. The first-order valence-corrected chi connectivity index (χ1v) is 8.14. The van der Waals surface area contributed by atoms with E-state index in [1.54, 1.807) is 39.3 Å². The van der Waals surface area contributed by atoms with Gasteiger partial charge in [0, 0.05) is 11.6 Å². The molecule has 0 atom stereocenters. The Hall–Kier alpha value is -3.28. The number of oxazole rings is 1. The van der Waals surface area contributed by atoms with Crippen molar-refractivity contribution in [2.45, 2.75) is 13.3 Å². The van der Waals surface area contributed by atoms with E-state index in [4.69, 9.17) is 13.9 Å². The second-order valence-electron chi connectivity index (χ2n) is 5.68. The molecule has 0 saturated heterocycles. The van der Waals surface area contributed by atoms with Crippen LogP contribution in [0.2, 0.25) is 0 Å². The molecule has 0 aliphatic heterocycles. The van der Waals surface area contributed by atoms with E-state index in [2.05, 4.69) is 10.3 Å². The van der Waals surface area contributed by atoms with Gasteiger partial charge in [0.05, 0.1) is 32.0 Å². The van der Waals surface area contributed by atoms with Crippen LogP contribution in [0.15, 0.2) is 52.9 Å². The molecule has 134 valence electrons. The number of benzene rings is 2. The lowest BCUT2D eigenvalue weighted by Gasteiger charge is -2.11. The number of rotatable bonds is 6. The molecule has 0 fully saturated rings. The minimum absolute atomic E-state index is 0.108. The quantitative estimate of drug-likeness (QED) is 0.729. The van der Waals surface area contributed by atoms with Gasteiger partial charge >= 0.3 is 0 Å². The zero-order chi connectivity index (χ0) is 18.5. The topological polar surface area (TPSA) is 73.6 Å². The Bertz CT molecular complexity index is 903. The Labute approximate surface area is 151 Å². The van der Waals surface area contributed by atoms with Crippen LogP contribution >= 0.6 is 0 Å². The van der Waals surface area contributed by atoms with Gasteiger partial charge in [0.25, 0.3) is 0 Å². The summed E-state index contributed by atoms with van der Waals surface area (Å²) in [4.78, 5) is 16.9. The van der Waals surface area contributed by atoms with Gasteiger partial charge in [-0.3, -0.25) is 4.79 Å². The SMILES string of the molecule is COc1ccc(NC(=O)Cc2nc(-c3ccccc3)oc2C)c(OC)c1. The second kappa shape index (κ2) is 7.74. The van der Waals surface area contributed by atoms with Gasteiger partial charge in [-0.05, 0) is 31.2 Å². The van der Waals surface area contributed by atoms with E-state index in [0.717, 1.165) is 5.56 Å². The molecule has 0 spiro atoms. The molecule has 1 N–H and O–H groups in total. The maximum atomic E-state index is 12.4. The lowest BCUT2D eigenvalue weighted by atomic mass is 10.2. The molecule has 2 aromatic carbocycles. The molecule has 6 nitrogen and oxygen atoms in total. The largest absolute Gasteiger partial charge is 0.497 e. The maximum absolute atomic E-state index is 12.4. The summed E-state index contributed by atoms with van der Waals surface area (Å²) in [6.45, 7) is 1.80. The smallest absolute Gasteiger partial charge is 0.230 e. The predicted octanol–water partition coefficient (Wildman–Crippen LogP) is 3.85. The summed E-state index contributed by atoms with van der Waals surface area (Å²) in [7, 11) is 3.11. The number of aromatic nitrogens is 1. The van der Waals surface area contributed by atoms with E-state index in [1.165, 1.54) is 0 Å². The van der Waals surface area contributed by atoms with Crippen molar-refractivity contribution >= 4 is 11.6 Å². The minimum Gasteiger partial charge on any atom is -0.497 e. The summed E-state index contributed by atoms with van der Waals surface area (Å²) in [5.41, 5.74) is 2.05. The van der Waals surface area contributed by atoms with Crippen molar-refractivity contribution < 1.29 is 18.7 Å². The van der Waals surface area contributed by atoms with E-state index in [-0.39, 0.29) is 12.3 Å². The summed E-state index contributed by atoms with van der Waals surface area (Å²) in [5.74, 6) is 2.11. The third-order valence-corrected chi connectivity index (χ3v) is 3.92. The molecule has 0 radical (unpaired) electrons. The minimum atomic E-state index is -0.204. The number of nitrogens with zero attached hydrogens (tertiary/aromatic N) is 1. The number of carbonyl (C=O) groups excluding carboxylic acids is 1. The fourth-order valence-electron chi connectivity index (χ4n) is 2.54. The summed E-state index contributed by atoms with van der Waals surface area (Å²) in [6.07, 6.45) is 0.108. The van der Waals surface area contributed by atoms with Crippen molar-refractivity contribution in [3.05, 3.63) is 60.0 Å². The number of amides is 1. The Balaban J connectivity index is 1.74. The average Bonchev–Trinajstić information content (AvgIpc) is 3.03. The van der Waals surface area contributed by atoms with Crippen molar-refractivity contribution in [2.24, 2.45) is 0 Å². The number of nitrogens with one attached hydrogen (secondary N) is 1. The molecular formula is C20H20N2O4. The molecule has 3 rings (SSSR count). The lowest BCUT2D eigenvalue weighted by Crippen LogP contribution is -2.15. The third-order valence-electron chi connectivity index (χ3n) is 3.92. The monoisotopic (exact) mass is 352 g/mol. The van der Waals surface area contributed by atoms with Gasteiger partial charge in [-0.25, -0.2) is 4.98 Å². The van der Waals surface area contributed by atoms with Crippen molar-refractivity contribution in [1.82, 2.24) is 4.98 Å². The molecule has 1 aromatic heterocycles. The molecule has 0 aliphatic carbocycles. The second-order valence-corrected chi connectivity index (χ2v) is 5.68.